The van der Waals surface area contributed by atoms with Gasteiger partial charge >= 0.3 is 5.97 Å². The molecule has 0 aliphatic heterocycles. The highest BCUT2D eigenvalue weighted by Crippen LogP contribution is 2.45. The van der Waals surface area contributed by atoms with Crippen molar-refractivity contribution in [3.8, 4) is 0 Å². The van der Waals surface area contributed by atoms with E-state index in [4.69, 9.17) is 16.3 Å². The van der Waals surface area contributed by atoms with E-state index < -0.39 is 33.5 Å². The van der Waals surface area contributed by atoms with Crippen molar-refractivity contribution in [2.75, 3.05) is 7.05 Å². The predicted molar refractivity (Wildman–Crippen MR) is 219 cm³/mol. The van der Waals surface area contributed by atoms with Crippen LogP contribution in [0.2, 0.25) is 5.02 Å². The number of rotatable bonds is 13. The minimum absolute atomic E-state index is 0.0865. The lowest BCUT2D eigenvalue weighted by molar-refractivity contribution is -0.387. The molecule has 4 aromatic carbocycles. The topological polar surface area (TPSA) is 89.8 Å². The molecule has 0 N–H and O–H groups in total. The van der Waals surface area contributed by atoms with Gasteiger partial charge in [-0.2, -0.15) is 0 Å². The van der Waals surface area contributed by atoms with Crippen molar-refractivity contribution in [1.29, 1.82) is 0 Å². The van der Waals surface area contributed by atoms with Crippen molar-refractivity contribution in [2.45, 2.75) is 120 Å². The van der Waals surface area contributed by atoms with Crippen LogP contribution in [0.15, 0.2) is 108 Å². The Morgan fingerprint density at radius 2 is 1.35 bits per heavy atom. The monoisotopic (exact) mass is 770 g/mol. The molecule has 3 atom stereocenters. The molecule has 0 amide bonds. The number of hydrogen-bond donors (Lipinski definition) is 0. The van der Waals surface area contributed by atoms with Gasteiger partial charge in [0.05, 0.1) is 11.3 Å². The number of nitro benzene ring substituents is 1. The van der Waals surface area contributed by atoms with E-state index in [0.29, 0.717) is 22.9 Å². The Balaban J connectivity index is 1.52. The van der Waals surface area contributed by atoms with Gasteiger partial charge in [0, 0.05) is 40.9 Å². The van der Waals surface area contributed by atoms with Crippen LogP contribution in [0, 0.1) is 16.0 Å². The van der Waals surface area contributed by atoms with Crippen LogP contribution in [0.4, 0.5) is 5.69 Å². The number of halogens is 1. The molecule has 54 heavy (non-hydrogen) atoms. The van der Waals surface area contributed by atoms with Crippen LogP contribution in [0.5, 0.6) is 0 Å². The van der Waals surface area contributed by atoms with Crippen molar-refractivity contribution in [1.82, 2.24) is 4.31 Å². The number of nitrogens with zero attached hydrogens (tertiary/aromatic N) is 2. The van der Waals surface area contributed by atoms with Crippen LogP contribution in [0.25, 0.3) is 0 Å². The summed E-state index contributed by atoms with van der Waals surface area (Å²) in [6.45, 7) is 4.06. The first-order valence-corrected chi connectivity index (χ1v) is 21.1. The number of esters is 1. The summed E-state index contributed by atoms with van der Waals surface area (Å²) in [5.74, 6) is 0.110. The van der Waals surface area contributed by atoms with E-state index in [9.17, 15) is 19.1 Å². The summed E-state index contributed by atoms with van der Waals surface area (Å²) in [7, 11) is -0.261. The van der Waals surface area contributed by atoms with Crippen LogP contribution >= 0.6 is 11.6 Å². The Morgan fingerprint density at radius 3 is 1.94 bits per heavy atom. The van der Waals surface area contributed by atoms with E-state index >= 15 is 0 Å². The molecule has 0 saturated heterocycles. The van der Waals surface area contributed by atoms with Crippen LogP contribution in [-0.4, -0.2) is 32.5 Å². The molecule has 5 rings (SSSR count). The molecule has 0 radical (unpaired) electrons. The maximum atomic E-state index is 14.5. The van der Waals surface area contributed by atoms with Gasteiger partial charge in [-0.25, -0.2) is 8.51 Å². The third-order valence-electron chi connectivity index (χ3n) is 10.8. The number of hydrogen-bond acceptors (Lipinski definition) is 5. The summed E-state index contributed by atoms with van der Waals surface area (Å²) in [4.78, 5) is 25.9. The SMILES string of the molecule is CC(C)CC(CC(=O)OC(c1ccccc1)(c1ccc(C2CCCCCCCCCCC2)cc1)c1ccccc1Cl)N(C)S(=O)c1ccccc1[N+](=O)[O-]. The molecular weight excluding hydrogens is 716 g/mol. The van der Waals surface area contributed by atoms with E-state index in [0.717, 1.165) is 11.1 Å². The zero-order valence-corrected chi connectivity index (χ0v) is 33.5. The third-order valence-corrected chi connectivity index (χ3v) is 12.6. The highest BCUT2D eigenvalue weighted by atomic mass is 35.5. The van der Waals surface area contributed by atoms with Gasteiger partial charge in [0.2, 0.25) is 0 Å². The maximum Gasteiger partial charge on any atom is 0.308 e. The van der Waals surface area contributed by atoms with Crippen molar-refractivity contribution in [2.24, 2.45) is 5.92 Å². The Hall–Kier alpha value is -3.85. The fourth-order valence-corrected chi connectivity index (χ4v) is 9.44. The minimum Gasteiger partial charge on any atom is -0.444 e. The maximum absolute atomic E-state index is 14.5. The van der Waals surface area contributed by atoms with E-state index in [1.807, 2.05) is 68.4 Å². The van der Waals surface area contributed by atoms with Gasteiger partial charge in [-0.15, -0.1) is 0 Å². The lowest BCUT2D eigenvalue weighted by atomic mass is 9.78. The van der Waals surface area contributed by atoms with Gasteiger partial charge in [-0.3, -0.25) is 14.9 Å². The summed E-state index contributed by atoms with van der Waals surface area (Å²) in [5.41, 5.74) is 1.86. The molecule has 9 heteroatoms. The minimum atomic E-state index is -1.91. The fraction of sp³-hybridized carbons (Fsp3) is 0.444. The normalized spacial score (nSPS) is 17.1. The standard InChI is InChI=1S/C45H55ClN2O5S/c1-34(2)32-39(47(3)54(52)43-27-19-18-26-42(43)48(50)51)33-44(49)53-45(37-22-14-11-15-23-37,40-24-16-17-25-41(40)46)38-30-28-36(29-31-38)35-20-12-9-7-5-4-6-8-10-13-21-35/h11,14-19,22-31,34-35,39H,4-10,12-13,20-21,32-33H2,1-3H3. The van der Waals surface area contributed by atoms with E-state index in [2.05, 4.69) is 24.3 Å². The molecule has 1 fully saturated rings. The van der Waals surface area contributed by atoms with Crippen molar-refractivity contribution in [3.63, 3.8) is 0 Å². The number of benzene rings is 4. The van der Waals surface area contributed by atoms with Gasteiger partial charge in [-0.1, -0.05) is 168 Å². The molecule has 1 saturated carbocycles. The van der Waals surface area contributed by atoms with E-state index in [-0.39, 0.29) is 22.9 Å². The number of carbonyl (C=O) groups excluding carboxylic acids is 1. The van der Waals surface area contributed by atoms with Gasteiger partial charge in [0.15, 0.2) is 5.60 Å². The lowest BCUT2D eigenvalue weighted by Gasteiger charge is -2.37. The Bertz CT molecular complexity index is 1820. The molecular formula is C45H55ClN2O5S. The van der Waals surface area contributed by atoms with Gasteiger partial charge in [-0.05, 0) is 48.8 Å². The quantitative estimate of drug-likeness (QED) is 0.0584. The lowest BCUT2D eigenvalue weighted by Crippen LogP contribution is -2.40. The summed E-state index contributed by atoms with van der Waals surface area (Å²) in [6, 6.07) is 31.3. The highest BCUT2D eigenvalue weighted by Gasteiger charge is 2.43. The Labute approximate surface area is 329 Å². The largest absolute Gasteiger partial charge is 0.444 e. The van der Waals surface area contributed by atoms with Crippen molar-refractivity contribution >= 4 is 34.2 Å². The first-order valence-electron chi connectivity index (χ1n) is 19.6. The summed E-state index contributed by atoms with van der Waals surface area (Å²) in [6.07, 6.45) is 14.4. The second-order valence-electron chi connectivity index (χ2n) is 15.1. The molecule has 4 aromatic rings. The average molecular weight is 771 g/mol. The first-order chi connectivity index (χ1) is 26.1. The zero-order valence-electron chi connectivity index (χ0n) is 32.0. The summed E-state index contributed by atoms with van der Waals surface area (Å²) in [5, 5.41) is 12.3. The van der Waals surface area contributed by atoms with Crippen LogP contribution < -0.4 is 0 Å². The molecule has 3 unspecified atom stereocenters. The van der Waals surface area contributed by atoms with Crippen LogP contribution in [0.1, 0.15) is 125 Å². The summed E-state index contributed by atoms with van der Waals surface area (Å²) < 4.78 is 22.3. The smallest absolute Gasteiger partial charge is 0.308 e. The van der Waals surface area contributed by atoms with Crippen molar-refractivity contribution in [3.05, 3.63) is 141 Å². The van der Waals surface area contributed by atoms with E-state index in [1.165, 1.54) is 88.3 Å². The molecule has 0 aromatic heterocycles. The van der Waals surface area contributed by atoms with E-state index in [1.54, 1.807) is 23.5 Å². The Kier molecular flexibility index (Phi) is 15.4. The summed E-state index contributed by atoms with van der Waals surface area (Å²) >= 11 is 7.01. The third kappa shape index (κ3) is 10.5. The van der Waals surface area contributed by atoms with Gasteiger partial charge < -0.3 is 4.74 Å². The predicted octanol–water partition coefficient (Wildman–Crippen LogP) is 11.9. The number of carbonyl (C=O) groups is 1. The molecule has 1 aliphatic carbocycles. The first kappa shape index (κ1) is 41.3. The average Bonchev–Trinajstić information content (AvgIpc) is 3.17. The van der Waals surface area contributed by atoms with Crippen LogP contribution in [-0.2, 0) is 26.1 Å². The second-order valence-corrected chi connectivity index (χ2v) is 17.0. The Morgan fingerprint density at radius 1 is 0.815 bits per heavy atom. The van der Waals surface area contributed by atoms with Gasteiger partial charge in [0.25, 0.3) is 5.69 Å². The highest BCUT2D eigenvalue weighted by molar-refractivity contribution is 7.82. The van der Waals surface area contributed by atoms with Gasteiger partial charge in [0.1, 0.15) is 15.9 Å². The molecule has 0 spiro atoms. The van der Waals surface area contributed by atoms with Crippen LogP contribution in [0.3, 0.4) is 0 Å². The molecule has 288 valence electrons. The number of ether oxygens (including phenoxy) is 1. The number of nitro groups is 1. The zero-order chi connectivity index (χ0) is 38.5. The fourth-order valence-electron chi connectivity index (χ4n) is 7.91. The molecule has 0 heterocycles. The molecule has 7 nitrogen and oxygen atoms in total. The molecule has 1 aliphatic rings. The second kappa shape index (κ2) is 20.2. The molecule has 0 bridgehead atoms. The number of para-hydroxylation sites is 1. The van der Waals surface area contributed by atoms with Crippen molar-refractivity contribution < 1.29 is 18.7 Å².